The smallest absolute Gasteiger partial charge is 0.129 e. The van der Waals surface area contributed by atoms with Crippen molar-refractivity contribution in [2.24, 2.45) is 5.16 Å². The van der Waals surface area contributed by atoms with Gasteiger partial charge in [0.25, 0.3) is 0 Å². The molecular formula is C27H37NO5. The van der Waals surface area contributed by atoms with Gasteiger partial charge in [-0.3, -0.25) is 0 Å². The van der Waals surface area contributed by atoms with Crippen molar-refractivity contribution in [3.05, 3.63) is 59.7 Å². The first-order chi connectivity index (χ1) is 16.0. The summed E-state index contributed by atoms with van der Waals surface area (Å²) in [6.07, 6.45) is 6.98. The van der Waals surface area contributed by atoms with Gasteiger partial charge >= 0.3 is 0 Å². The molecule has 0 aliphatic heterocycles. The number of rotatable bonds is 15. The number of nitrogens with zero attached hydrogens (tertiary/aromatic N) is 1. The first-order valence-electron chi connectivity index (χ1n) is 11.4. The fourth-order valence-corrected chi connectivity index (χ4v) is 3.21. The van der Waals surface area contributed by atoms with Crippen LogP contribution in [0.15, 0.2) is 53.7 Å². The summed E-state index contributed by atoms with van der Waals surface area (Å²) in [5.74, 6) is 3.44. The van der Waals surface area contributed by atoms with Gasteiger partial charge in [0.1, 0.15) is 43.3 Å². The molecule has 0 spiro atoms. The SMILES string of the molecule is C/C=C/COc1cc(C)c(OCCCCCOc2ccc(OCC(C)=NOC)cc2)c(C)c1. The van der Waals surface area contributed by atoms with Gasteiger partial charge in [-0.1, -0.05) is 17.3 Å². The summed E-state index contributed by atoms with van der Waals surface area (Å²) in [4.78, 5) is 4.72. The summed E-state index contributed by atoms with van der Waals surface area (Å²) >= 11 is 0. The zero-order chi connectivity index (χ0) is 23.9. The molecule has 2 aromatic carbocycles. The van der Waals surface area contributed by atoms with E-state index >= 15 is 0 Å². The Morgan fingerprint density at radius 3 is 2.03 bits per heavy atom. The second kappa shape index (κ2) is 14.8. The van der Waals surface area contributed by atoms with Crippen LogP contribution in [0.5, 0.6) is 23.0 Å². The third-order valence-electron chi connectivity index (χ3n) is 4.84. The Hall–Kier alpha value is -3.15. The molecule has 0 aliphatic rings. The van der Waals surface area contributed by atoms with Crippen LogP contribution in [0, 0.1) is 13.8 Å². The van der Waals surface area contributed by atoms with Crippen LogP contribution in [0.25, 0.3) is 0 Å². The molecule has 0 radical (unpaired) electrons. The summed E-state index contributed by atoms with van der Waals surface area (Å²) in [5.41, 5.74) is 2.97. The van der Waals surface area contributed by atoms with E-state index in [2.05, 4.69) is 19.0 Å². The second-order valence-electron chi connectivity index (χ2n) is 7.79. The van der Waals surface area contributed by atoms with Crippen LogP contribution in [0.3, 0.4) is 0 Å². The zero-order valence-corrected chi connectivity index (χ0v) is 20.6. The normalized spacial score (nSPS) is 11.5. The van der Waals surface area contributed by atoms with E-state index in [-0.39, 0.29) is 0 Å². The Bertz CT molecular complexity index is 867. The van der Waals surface area contributed by atoms with Gasteiger partial charge in [-0.15, -0.1) is 0 Å². The maximum atomic E-state index is 6.04. The van der Waals surface area contributed by atoms with Gasteiger partial charge in [-0.25, -0.2) is 0 Å². The van der Waals surface area contributed by atoms with Gasteiger partial charge in [0.15, 0.2) is 0 Å². The molecule has 6 heteroatoms. The zero-order valence-electron chi connectivity index (χ0n) is 20.6. The minimum atomic E-state index is 0.393. The molecule has 0 bridgehead atoms. The summed E-state index contributed by atoms with van der Waals surface area (Å²) < 4.78 is 23.2. The van der Waals surface area contributed by atoms with Crippen molar-refractivity contribution in [3.63, 3.8) is 0 Å². The third kappa shape index (κ3) is 9.89. The van der Waals surface area contributed by atoms with E-state index in [9.17, 15) is 0 Å². The minimum absolute atomic E-state index is 0.393. The third-order valence-corrected chi connectivity index (χ3v) is 4.84. The van der Waals surface area contributed by atoms with Gasteiger partial charge in [0, 0.05) is 0 Å². The molecule has 2 aromatic rings. The Labute approximate surface area is 198 Å². The molecule has 0 aromatic heterocycles. The molecule has 33 heavy (non-hydrogen) atoms. The van der Waals surface area contributed by atoms with E-state index in [1.165, 1.54) is 7.11 Å². The summed E-state index contributed by atoms with van der Waals surface area (Å²) in [6, 6.07) is 11.7. The molecule has 180 valence electrons. The van der Waals surface area contributed by atoms with Crippen molar-refractivity contribution in [2.75, 3.05) is 33.5 Å². The molecule has 0 saturated carbocycles. The lowest BCUT2D eigenvalue weighted by atomic mass is 10.1. The molecule has 0 atom stereocenters. The average molecular weight is 456 g/mol. The minimum Gasteiger partial charge on any atom is -0.494 e. The maximum absolute atomic E-state index is 6.04. The lowest BCUT2D eigenvalue weighted by Crippen LogP contribution is -2.07. The predicted octanol–water partition coefficient (Wildman–Crippen LogP) is 6.29. The lowest BCUT2D eigenvalue weighted by molar-refractivity contribution is 0.209. The second-order valence-corrected chi connectivity index (χ2v) is 7.79. The molecule has 0 unspecified atom stereocenters. The van der Waals surface area contributed by atoms with E-state index in [1.807, 2.05) is 62.4 Å². The molecule has 6 nitrogen and oxygen atoms in total. The van der Waals surface area contributed by atoms with Crippen LogP contribution >= 0.6 is 0 Å². The fourth-order valence-electron chi connectivity index (χ4n) is 3.21. The van der Waals surface area contributed by atoms with Gasteiger partial charge in [0.05, 0.1) is 18.9 Å². The van der Waals surface area contributed by atoms with E-state index < -0.39 is 0 Å². The van der Waals surface area contributed by atoms with Crippen LogP contribution in [-0.4, -0.2) is 39.2 Å². The molecule has 0 fully saturated rings. The highest BCUT2D eigenvalue weighted by Crippen LogP contribution is 2.28. The standard InChI is InChI=1S/C27H37NO5/c1-6-7-15-31-26-18-21(2)27(22(3)19-26)32-17-10-8-9-16-30-24-11-13-25(14-12-24)33-20-23(4)28-29-5/h6-7,11-14,18-19H,8-10,15-17,20H2,1-5H3/b7-6+,28-23?. The van der Waals surface area contributed by atoms with E-state index in [0.717, 1.165) is 59.1 Å². The number of oxime groups is 1. The molecule has 0 N–H and O–H groups in total. The van der Waals surface area contributed by atoms with Gasteiger partial charge in [-0.2, -0.15) is 0 Å². The number of unbranched alkanes of at least 4 members (excludes halogenated alkanes) is 2. The Morgan fingerprint density at radius 1 is 0.818 bits per heavy atom. The van der Waals surface area contributed by atoms with Crippen LogP contribution in [0.2, 0.25) is 0 Å². The van der Waals surface area contributed by atoms with E-state index in [0.29, 0.717) is 26.4 Å². The molecule has 2 rings (SSSR count). The number of allylic oxidation sites excluding steroid dienone is 1. The maximum Gasteiger partial charge on any atom is 0.129 e. The molecule has 0 aliphatic carbocycles. The van der Waals surface area contributed by atoms with Crippen molar-refractivity contribution < 1.29 is 23.8 Å². The number of ether oxygens (including phenoxy) is 4. The van der Waals surface area contributed by atoms with Crippen molar-refractivity contribution >= 4 is 5.71 Å². The number of hydrogen-bond donors (Lipinski definition) is 0. The highest BCUT2D eigenvalue weighted by Gasteiger charge is 2.07. The average Bonchev–Trinajstić information content (AvgIpc) is 2.79. The summed E-state index contributed by atoms with van der Waals surface area (Å²) in [5, 5.41) is 3.82. The fraction of sp³-hybridized carbons (Fsp3) is 0.444. The largest absolute Gasteiger partial charge is 0.494 e. The Kier molecular flexibility index (Phi) is 11.7. The monoisotopic (exact) mass is 455 g/mol. The van der Waals surface area contributed by atoms with Gasteiger partial charge < -0.3 is 23.8 Å². The van der Waals surface area contributed by atoms with Gasteiger partial charge in [-0.05, 0) is 94.5 Å². The quantitative estimate of drug-likeness (QED) is 0.137. The van der Waals surface area contributed by atoms with E-state index in [1.54, 1.807) is 0 Å². The first-order valence-corrected chi connectivity index (χ1v) is 11.4. The van der Waals surface area contributed by atoms with Crippen LogP contribution < -0.4 is 18.9 Å². The first kappa shape index (κ1) is 26.1. The number of benzene rings is 2. The van der Waals surface area contributed by atoms with Crippen molar-refractivity contribution in [1.29, 1.82) is 0 Å². The molecule has 0 saturated heterocycles. The van der Waals surface area contributed by atoms with Crippen molar-refractivity contribution in [2.45, 2.75) is 47.0 Å². The lowest BCUT2D eigenvalue weighted by Gasteiger charge is -2.14. The Morgan fingerprint density at radius 2 is 1.42 bits per heavy atom. The van der Waals surface area contributed by atoms with Crippen LogP contribution in [-0.2, 0) is 4.84 Å². The summed E-state index contributed by atoms with van der Waals surface area (Å²) in [7, 11) is 1.52. The van der Waals surface area contributed by atoms with Crippen molar-refractivity contribution in [1.82, 2.24) is 0 Å². The summed E-state index contributed by atoms with van der Waals surface area (Å²) in [6.45, 7) is 10.3. The number of hydrogen-bond acceptors (Lipinski definition) is 6. The molecular weight excluding hydrogens is 418 g/mol. The van der Waals surface area contributed by atoms with Crippen LogP contribution in [0.4, 0.5) is 0 Å². The number of aryl methyl sites for hydroxylation is 2. The van der Waals surface area contributed by atoms with Gasteiger partial charge in [0.2, 0.25) is 0 Å². The van der Waals surface area contributed by atoms with E-state index in [4.69, 9.17) is 23.8 Å². The Balaban J connectivity index is 1.63. The molecule has 0 amide bonds. The highest BCUT2D eigenvalue weighted by atomic mass is 16.6. The molecule has 0 heterocycles. The highest BCUT2D eigenvalue weighted by molar-refractivity contribution is 5.82. The van der Waals surface area contributed by atoms with Crippen LogP contribution in [0.1, 0.15) is 44.2 Å². The van der Waals surface area contributed by atoms with Crippen molar-refractivity contribution in [3.8, 4) is 23.0 Å². The predicted molar refractivity (Wildman–Crippen MR) is 133 cm³/mol. The topological polar surface area (TPSA) is 58.5 Å².